The van der Waals surface area contributed by atoms with Crippen molar-refractivity contribution >= 4 is 29.0 Å². The highest BCUT2D eigenvalue weighted by Gasteiger charge is 2.11. The summed E-state index contributed by atoms with van der Waals surface area (Å²) in [6.07, 6.45) is 2.87. The molecular formula is C24H21Cl2NO. The number of hydrogen-bond donors (Lipinski definition) is 1. The molecule has 0 spiro atoms. The second kappa shape index (κ2) is 9.70. The van der Waals surface area contributed by atoms with E-state index in [9.17, 15) is 4.79 Å². The summed E-state index contributed by atoms with van der Waals surface area (Å²) in [7, 11) is 0. The van der Waals surface area contributed by atoms with Crippen molar-refractivity contribution in [2.24, 2.45) is 0 Å². The van der Waals surface area contributed by atoms with E-state index < -0.39 is 0 Å². The van der Waals surface area contributed by atoms with Crippen LogP contribution in [-0.2, 0) is 6.54 Å². The first-order valence-corrected chi connectivity index (χ1v) is 9.85. The molecule has 3 rings (SSSR count). The smallest absolute Gasteiger partial charge is 0.193 e. The number of hydrogen-bond acceptors (Lipinski definition) is 2. The lowest BCUT2D eigenvalue weighted by molar-refractivity contribution is 0.103. The van der Waals surface area contributed by atoms with Gasteiger partial charge >= 0.3 is 0 Å². The van der Waals surface area contributed by atoms with Crippen molar-refractivity contribution in [1.29, 1.82) is 0 Å². The van der Waals surface area contributed by atoms with E-state index in [1.54, 1.807) is 18.2 Å². The molecule has 0 heterocycles. The summed E-state index contributed by atoms with van der Waals surface area (Å²) in [6.45, 7) is 5.49. The second-order valence-corrected chi connectivity index (χ2v) is 7.30. The summed E-state index contributed by atoms with van der Waals surface area (Å²) in [5.74, 6) is -0.0777. The van der Waals surface area contributed by atoms with Gasteiger partial charge in [0, 0.05) is 17.7 Å². The fourth-order valence-electron chi connectivity index (χ4n) is 2.87. The number of nitrogens with one attached hydrogen (secondary N) is 1. The lowest BCUT2D eigenvalue weighted by Crippen LogP contribution is -2.13. The van der Waals surface area contributed by atoms with E-state index in [1.807, 2.05) is 30.3 Å². The normalized spacial score (nSPS) is 10.6. The first-order valence-electron chi connectivity index (χ1n) is 9.09. The largest absolute Gasteiger partial charge is 0.312 e. The molecule has 3 aromatic rings. The predicted octanol–water partition coefficient (Wildman–Crippen LogP) is 6.56. The third-order valence-electron chi connectivity index (χ3n) is 4.47. The molecule has 4 heteroatoms. The van der Waals surface area contributed by atoms with Crippen molar-refractivity contribution in [1.82, 2.24) is 5.32 Å². The third-order valence-corrected chi connectivity index (χ3v) is 5.21. The van der Waals surface area contributed by atoms with Gasteiger partial charge in [-0.15, -0.1) is 6.58 Å². The van der Waals surface area contributed by atoms with E-state index in [0.717, 1.165) is 30.6 Å². The van der Waals surface area contributed by atoms with Crippen LogP contribution in [0.2, 0.25) is 10.0 Å². The highest BCUT2D eigenvalue weighted by atomic mass is 35.5. The van der Waals surface area contributed by atoms with E-state index in [-0.39, 0.29) is 5.78 Å². The summed E-state index contributed by atoms with van der Waals surface area (Å²) < 4.78 is 0. The molecule has 142 valence electrons. The summed E-state index contributed by atoms with van der Waals surface area (Å²) in [6, 6.07) is 20.9. The average molecular weight is 410 g/mol. The van der Waals surface area contributed by atoms with Gasteiger partial charge in [0.05, 0.1) is 10.0 Å². The fraction of sp³-hybridized carbons (Fsp3) is 0.125. The van der Waals surface area contributed by atoms with Crippen LogP contribution < -0.4 is 5.32 Å². The number of benzene rings is 3. The van der Waals surface area contributed by atoms with Gasteiger partial charge in [-0.3, -0.25) is 4.79 Å². The van der Waals surface area contributed by atoms with Gasteiger partial charge in [0.15, 0.2) is 5.78 Å². The van der Waals surface area contributed by atoms with E-state index in [1.165, 1.54) is 5.56 Å². The zero-order valence-electron chi connectivity index (χ0n) is 15.4. The van der Waals surface area contributed by atoms with Crippen molar-refractivity contribution < 1.29 is 4.79 Å². The molecule has 0 aliphatic carbocycles. The Labute approximate surface area is 175 Å². The molecule has 0 saturated carbocycles. The molecule has 0 bridgehead atoms. The molecule has 0 fully saturated rings. The van der Waals surface area contributed by atoms with E-state index in [4.69, 9.17) is 23.2 Å². The van der Waals surface area contributed by atoms with Crippen molar-refractivity contribution in [3.63, 3.8) is 0 Å². The molecule has 0 atom stereocenters. The highest BCUT2D eigenvalue weighted by molar-refractivity contribution is 6.42. The molecule has 28 heavy (non-hydrogen) atoms. The van der Waals surface area contributed by atoms with Crippen molar-refractivity contribution in [2.75, 3.05) is 6.54 Å². The Morgan fingerprint density at radius 2 is 1.46 bits per heavy atom. The van der Waals surface area contributed by atoms with Gasteiger partial charge in [0.2, 0.25) is 0 Å². The van der Waals surface area contributed by atoms with Crippen LogP contribution in [0.15, 0.2) is 79.4 Å². The van der Waals surface area contributed by atoms with E-state index in [0.29, 0.717) is 21.2 Å². The van der Waals surface area contributed by atoms with Crippen LogP contribution in [0.5, 0.6) is 0 Å². The van der Waals surface area contributed by atoms with Gasteiger partial charge in [0.25, 0.3) is 0 Å². The maximum atomic E-state index is 12.6. The topological polar surface area (TPSA) is 29.1 Å². The first-order chi connectivity index (χ1) is 13.6. The standard InChI is InChI=1S/C24H21Cl2NO/c1-2-3-14-27-16-17-4-6-18(7-5-17)19-8-10-20(11-9-19)24(28)21-12-13-22(25)23(26)15-21/h2,4-13,15,27H,1,3,14,16H2. The lowest BCUT2D eigenvalue weighted by atomic mass is 9.99. The predicted molar refractivity (Wildman–Crippen MR) is 118 cm³/mol. The van der Waals surface area contributed by atoms with Gasteiger partial charge in [-0.1, -0.05) is 77.8 Å². The Kier molecular flexibility index (Phi) is 7.05. The molecule has 0 radical (unpaired) electrons. The van der Waals surface area contributed by atoms with Crippen LogP contribution in [0, 0.1) is 0 Å². The molecule has 3 aromatic carbocycles. The Morgan fingerprint density at radius 3 is 2.07 bits per heavy atom. The molecule has 0 aromatic heterocycles. The third kappa shape index (κ3) is 5.11. The van der Waals surface area contributed by atoms with E-state index in [2.05, 4.69) is 36.2 Å². The van der Waals surface area contributed by atoms with Crippen molar-refractivity contribution in [2.45, 2.75) is 13.0 Å². The van der Waals surface area contributed by atoms with Gasteiger partial charge in [0.1, 0.15) is 0 Å². The highest BCUT2D eigenvalue weighted by Crippen LogP contribution is 2.25. The minimum absolute atomic E-state index is 0.0777. The minimum Gasteiger partial charge on any atom is -0.312 e. The van der Waals surface area contributed by atoms with Crippen LogP contribution in [0.25, 0.3) is 11.1 Å². The molecule has 0 unspecified atom stereocenters. The molecule has 0 amide bonds. The SMILES string of the molecule is C=CCCNCc1ccc(-c2ccc(C(=O)c3ccc(Cl)c(Cl)c3)cc2)cc1. The van der Waals surface area contributed by atoms with Crippen LogP contribution in [0.3, 0.4) is 0 Å². The van der Waals surface area contributed by atoms with Gasteiger partial charge < -0.3 is 5.32 Å². The van der Waals surface area contributed by atoms with Gasteiger partial charge in [-0.2, -0.15) is 0 Å². The number of rotatable bonds is 8. The average Bonchev–Trinajstić information content (AvgIpc) is 2.73. The monoisotopic (exact) mass is 409 g/mol. The Balaban J connectivity index is 1.69. The van der Waals surface area contributed by atoms with Crippen molar-refractivity contribution in [3.8, 4) is 11.1 Å². The first kappa shape index (κ1) is 20.3. The number of halogens is 2. The molecule has 0 saturated heterocycles. The fourth-order valence-corrected chi connectivity index (χ4v) is 3.17. The number of ketones is 1. The zero-order chi connectivity index (χ0) is 19.9. The summed E-state index contributed by atoms with van der Waals surface area (Å²) >= 11 is 11.9. The summed E-state index contributed by atoms with van der Waals surface area (Å²) in [5.41, 5.74) is 4.56. The van der Waals surface area contributed by atoms with Crippen LogP contribution >= 0.6 is 23.2 Å². The molecule has 1 N–H and O–H groups in total. The van der Waals surface area contributed by atoms with Gasteiger partial charge in [-0.05, 0) is 47.9 Å². The minimum atomic E-state index is -0.0777. The quantitative estimate of drug-likeness (QED) is 0.259. The molecule has 2 nitrogen and oxygen atoms in total. The maximum absolute atomic E-state index is 12.6. The van der Waals surface area contributed by atoms with E-state index >= 15 is 0 Å². The Morgan fingerprint density at radius 1 is 0.857 bits per heavy atom. The lowest BCUT2D eigenvalue weighted by Gasteiger charge is -2.07. The number of carbonyl (C=O) groups excluding carboxylic acids is 1. The van der Waals surface area contributed by atoms with Crippen molar-refractivity contribution in [3.05, 3.63) is 106 Å². The van der Waals surface area contributed by atoms with Crippen LogP contribution in [0.4, 0.5) is 0 Å². The Bertz CT molecular complexity index is 963. The van der Waals surface area contributed by atoms with Crippen LogP contribution in [-0.4, -0.2) is 12.3 Å². The maximum Gasteiger partial charge on any atom is 0.193 e. The second-order valence-electron chi connectivity index (χ2n) is 6.49. The molecular weight excluding hydrogens is 389 g/mol. The van der Waals surface area contributed by atoms with Crippen LogP contribution in [0.1, 0.15) is 27.9 Å². The summed E-state index contributed by atoms with van der Waals surface area (Å²) in [4.78, 5) is 12.6. The zero-order valence-corrected chi connectivity index (χ0v) is 16.9. The molecule has 0 aliphatic heterocycles. The molecule has 0 aliphatic rings. The summed E-state index contributed by atoms with van der Waals surface area (Å²) in [5, 5.41) is 4.19. The van der Waals surface area contributed by atoms with Gasteiger partial charge in [-0.25, -0.2) is 0 Å². The number of carbonyl (C=O) groups is 1. The Hall–Kier alpha value is -2.39.